The van der Waals surface area contributed by atoms with E-state index in [2.05, 4.69) is 161 Å². The number of hydrogen-bond acceptors (Lipinski definition) is 3. The maximum Gasteiger partial charge on any atom is 0.225 e. The highest BCUT2D eigenvalue weighted by Gasteiger charge is 2.36. The molecule has 6 heteroatoms. The van der Waals surface area contributed by atoms with Gasteiger partial charge in [-0.3, -0.25) is 14.4 Å². The lowest BCUT2D eigenvalue weighted by atomic mass is 9.69. The van der Waals surface area contributed by atoms with Crippen molar-refractivity contribution < 1.29 is 14.4 Å². The van der Waals surface area contributed by atoms with Crippen molar-refractivity contribution in [1.82, 2.24) is 14.7 Å². The molecule has 1 heterocycles. The van der Waals surface area contributed by atoms with Gasteiger partial charge in [-0.1, -0.05) is 195 Å². The first-order valence-corrected chi connectivity index (χ1v) is 23.3. The Bertz CT molecular complexity index is 1570. The largest absolute Gasteiger partial charge is 0.307 e. The van der Waals surface area contributed by atoms with Gasteiger partial charge in [0.15, 0.2) is 0 Å². The molecule has 0 bridgehead atoms. The maximum absolute atomic E-state index is 14.2. The fourth-order valence-electron chi connectivity index (χ4n) is 8.81. The summed E-state index contributed by atoms with van der Waals surface area (Å²) in [6, 6.07) is 0. The molecule has 3 amide bonds. The molecule has 0 N–H and O–H groups in total. The first-order valence-electron chi connectivity index (χ1n) is 23.3. The number of carbonyl (C=O) groups is 3. The summed E-state index contributed by atoms with van der Waals surface area (Å²) in [5.74, 6) is 1.15. The van der Waals surface area contributed by atoms with Gasteiger partial charge in [-0.05, 0) is 88.8 Å². The smallest absolute Gasteiger partial charge is 0.225 e. The van der Waals surface area contributed by atoms with E-state index in [9.17, 15) is 14.4 Å². The predicted molar refractivity (Wildman–Crippen MR) is 252 cm³/mol. The van der Waals surface area contributed by atoms with Crippen molar-refractivity contribution in [3.05, 3.63) is 69.9 Å². The molecule has 1 saturated heterocycles. The molecule has 4 rings (SSSR count). The van der Waals surface area contributed by atoms with Crippen LogP contribution >= 0.6 is 0 Å². The number of allylic oxidation sites excluding steroid dienone is 12. The van der Waals surface area contributed by atoms with E-state index >= 15 is 0 Å². The molecule has 0 aromatic carbocycles. The number of carbonyl (C=O) groups excluding carboxylic acids is 3. The lowest BCUT2D eigenvalue weighted by Crippen LogP contribution is -2.59. The van der Waals surface area contributed by atoms with E-state index in [4.69, 9.17) is 0 Å². The summed E-state index contributed by atoms with van der Waals surface area (Å²) in [6.07, 6.45) is 20.2. The van der Waals surface area contributed by atoms with Crippen molar-refractivity contribution in [2.45, 2.75) is 182 Å². The number of amides is 3. The molecule has 0 spiro atoms. The molecular formula is C54H87N3O3. The Labute approximate surface area is 368 Å². The van der Waals surface area contributed by atoms with Crippen LogP contribution in [-0.4, -0.2) is 52.4 Å². The van der Waals surface area contributed by atoms with E-state index in [0.717, 1.165) is 19.3 Å². The molecule has 1 fully saturated rings. The molecule has 0 aromatic heterocycles. The number of hydrogen-bond donors (Lipinski definition) is 0. The van der Waals surface area contributed by atoms with Crippen LogP contribution in [0.4, 0.5) is 0 Å². The normalized spacial score (nSPS) is 22.7. The van der Waals surface area contributed by atoms with Crippen molar-refractivity contribution in [3.63, 3.8) is 0 Å². The molecular weight excluding hydrogens is 739 g/mol. The van der Waals surface area contributed by atoms with Gasteiger partial charge in [-0.15, -0.1) is 0 Å². The second-order valence-electron chi connectivity index (χ2n) is 25.2. The van der Waals surface area contributed by atoms with Crippen LogP contribution in [0.25, 0.3) is 0 Å². The highest BCUT2D eigenvalue weighted by Crippen LogP contribution is 2.45. The zero-order valence-corrected chi connectivity index (χ0v) is 41.7. The minimum absolute atomic E-state index is 0.0173. The zero-order valence-electron chi connectivity index (χ0n) is 41.7. The maximum atomic E-state index is 14.2. The third-order valence-electron chi connectivity index (χ3n) is 13.8. The Balaban J connectivity index is 1.57. The predicted octanol–water partition coefficient (Wildman–Crippen LogP) is 13.6. The topological polar surface area (TPSA) is 60.9 Å². The van der Waals surface area contributed by atoms with E-state index in [1.807, 2.05) is 0 Å². The lowest BCUT2D eigenvalue weighted by molar-refractivity contribution is -0.158. The summed E-state index contributed by atoms with van der Waals surface area (Å²) in [6.45, 7) is 41.8. The second kappa shape index (κ2) is 18.3. The van der Waals surface area contributed by atoms with Gasteiger partial charge in [0.2, 0.25) is 17.7 Å². The molecule has 60 heavy (non-hydrogen) atoms. The van der Waals surface area contributed by atoms with Gasteiger partial charge >= 0.3 is 0 Å². The van der Waals surface area contributed by atoms with Crippen LogP contribution in [0.15, 0.2) is 69.9 Å². The summed E-state index contributed by atoms with van der Waals surface area (Å²) in [7, 11) is 0. The quantitative estimate of drug-likeness (QED) is 0.233. The SMILES string of the molecule is CC(C)(C)C1=CC(CCC(=O)N2CN(C(=O)CCC3=CC(C(C)(C)C)CC(C(C)(C)C)=C3)CN(C(=O)CCC3=CC(C(C)(C)C)CC(C(C)(C)C)=C3)C2)=CC(C(C)(C)C)C1. The zero-order chi connectivity index (χ0) is 45.4. The Morgan fingerprint density at radius 3 is 0.817 bits per heavy atom. The van der Waals surface area contributed by atoms with Gasteiger partial charge in [0.05, 0.1) is 20.0 Å². The fourth-order valence-corrected chi connectivity index (χ4v) is 8.81. The van der Waals surface area contributed by atoms with E-state index in [1.165, 1.54) is 33.4 Å². The molecule has 3 unspecified atom stereocenters. The molecule has 4 aliphatic rings. The van der Waals surface area contributed by atoms with Gasteiger partial charge in [-0.25, -0.2) is 0 Å². The van der Waals surface area contributed by atoms with Crippen molar-refractivity contribution in [2.75, 3.05) is 20.0 Å². The third kappa shape index (κ3) is 13.7. The van der Waals surface area contributed by atoms with Crippen molar-refractivity contribution >= 4 is 17.7 Å². The minimum Gasteiger partial charge on any atom is -0.307 e. The Hall–Kier alpha value is -3.15. The monoisotopic (exact) mass is 826 g/mol. The summed E-state index contributed by atoms with van der Waals surface area (Å²) >= 11 is 0. The Morgan fingerprint density at radius 1 is 0.417 bits per heavy atom. The van der Waals surface area contributed by atoms with E-state index in [0.29, 0.717) is 56.3 Å². The van der Waals surface area contributed by atoms with Crippen LogP contribution in [0.2, 0.25) is 0 Å². The van der Waals surface area contributed by atoms with Crippen LogP contribution in [0, 0.1) is 50.2 Å². The second-order valence-corrected chi connectivity index (χ2v) is 25.2. The van der Waals surface area contributed by atoms with Crippen LogP contribution in [0.5, 0.6) is 0 Å². The molecule has 3 atom stereocenters. The summed E-state index contributed by atoms with van der Waals surface area (Å²) in [5.41, 5.74) is 8.44. The van der Waals surface area contributed by atoms with E-state index in [1.54, 1.807) is 14.7 Å². The average molecular weight is 826 g/mol. The molecule has 0 aromatic rings. The van der Waals surface area contributed by atoms with Gasteiger partial charge < -0.3 is 14.7 Å². The van der Waals surface area contributed by atoms with Crippen molar-refractivity contribution in [1.29, 1.82) is 0 Å². The third-order valence-corrected chi connectivity index (χ3v) is 13.8. The fraction of sp³-hybridized carbons (Fsp3) is 0.722. The van der Waals surface area contributed by atoms with Crippen LogP contribution in [0.1, 0.15) is 182 Å². The minimum atomic E-state index is -0.0173. The molecule has 336 valence electrons. The van der Waals surface area contributed by atoms with Crippen LogP contribution in [-0.2, 0) is 14.4 Å². The van der Waals surface area contributed by atoms with E-state index < -0.39 is 0 Å². The highest BCUT2D eigenvalue weighted by atomic mass is 16.2. The summed E-state index contributed by atoms with van der Waals surface area (Å²) < 4.78 is 0. The number of nitrogens with zero attached hydrogens (tertiary/aromatic N) is 3. The molecule has 1 aliphatic heterocycles. The molecule has 0 saturated carbocycles. The lowest BCUT2D eigenvalue weighted by Gasteiger charge is -2.42. The standard InChI is InChI=1S/C54H87N3O3/c1-49(2,3)40-25-37(26-41(31-40)50(4,5)6)19-22-46(58)55-34-56(47(59)23-20-38-27-42(51(7,8)9)32-43(28-38)52(10,11)12)36-57(35-55)48(60)24-21-39-29-44(53(13,14)15)33-45(30-39)54(16,17)18/h25-30,40,42,44H,19-24,31-36H2,1-18H3. The molecule has 6 nitrogen and oxygen atoms in total. The van der Waals surface area contributed by atoms with Gasteiger partial charge in [0, 0.05) is 19.3 Å². The van der Waals surface area contributed by atoms with Crippen molar-refractivity contribution in [2.24, 2.45) is 50.2 Å². The Kier molecular flexibility index (Phi) is 15.1. The Morgan fingerprint density at radius 2 is 0.633 bits per heavy atom. The summed E-state index contributed by atoms with van der Waals surface area (Å²) in [5, 5.41) is 0. The van der Waals surface area contributed by atoms with Gasteiger partial charge in [0.1, 0.15) is 0 Å². The summed E-state index contributed by atoms with van der Waals surface area (Å²) in [4.78, 5) is 47.9. The number of rotatable bonds is 9. The first kappa shape index (κ1) is 49.5. The highest BCUT2D eigenvalue weighted by molar-refractivity contribution is 5.82. The van der Waals surface area contributed by atoms with Crippen molar-refractivity contribution in [3.8, 4) is 0 Å². The van der Waals surface area contributed by atoms with Gasteiger partial charge in [-0.2, -0.15) is 0 Å². The first-order chi connectivity index (χ1) is 27.2. The molecule has 3 aliphatic carbocycles. The van der Waals surface area contributed by atoms with Gasteiger partial charge in [0.25, 0.3) is 0 Å². The average Bonchev–Trinajstić information content (AvgIpc) is 3.12. The van der Waals surface area contributed by atoms with E-state index in [-0.39, 0.29) is 70.2 Å². The van der Waals surface area contributed by atoms with Crippen LogP contribution in [0.3, 0.4) is 0 Å². The molecule has 0 radical (unpaired) electrons. The van der Waals surface area contributed by atoms with Crippen LogP contribution < -0.4 is 0 Å².